The minimum absolute atomic E-state index is 0.0368. The van der Waals surface area contributed by atoms with Gasteiger partial charge in [0.15, 0.2) is 0 Å². The smallest absolute Gasteiger partial charge is 0.253 e. The van der Waals surface area contributed by atoms with E-state index < -0.39 is 0 Å². The Kier molecular flexibility index (Phi) is 4.80. The molecule has 2 rings (SSSR count). The lowest BCUT2D eigenvalue weighted by molar-refractivity contribution is 0.0699. The number of hydrogen-bond acceptors (Lipinski definition) is 3. The van der Waals surface area contributed by atoms with Crippen LogP contribution >= 0.6 is 0 Å². The summed E-state index contributed by atoms with van der Waals surface area (Å²) < 4.78 is 5.35. The number of carbonyl (C=O) groups excluding carboxylic acids is 1. The highest BCUT2D eigenvalue weighted by molar-refractivity contribution is 5.94. The lowest BCUT2D eigenvalue weighted by Gasteiger charge is -2.22. The average molecular weight is 262 g/mol. The minimum Gasteiger partial charge on any atom is -0.385 e. The van der Waals surface area contributed by atoms with Gasteiger partial charge < -0.3 is 15.0 Å². The molecule has 1 aromatic rings. The van der Waals surface area contributed by atoms with E-state index in [1.165, 1.54) is 0 Å². The number of ether oxygens (including phenoxy) is 1. The normalized spacial score (nSPS) is 16.1. The molecule has 0 atom stereocenters. The van der Waals surface area contributed by atoms with E-state index in [0.717, 1.165) is 43.9 Å². The molecule has 1 aliphatic heterocycles. The maximum atomic E-state index is 11.9. The maximum Gasteiger partial charge on any atom is 0.253 e. The summed E-state index contributed by atoms with van der Waals surface area (Å²) in [4.78, 5) is 13.5. The van der Waals surface area contributed by atoms with Crippen molar-refractivity contribution in [3.8, 4) is 0 Å². The van der Waals surface area contributed by atoms with Crippen LogP contribution in [0.25, 0.3) is 0 Å². The first-order valence-corrected chi connectivity index (χ1v) is 6.80. The van der Waals surface area contributed by atoms with E-state index in [4.69, 9.17) is 4.74 Å². The van der Waals surface area contributed by atoms with Crippen LogP contribution in [0.2, 0.25) is 0 Å². The molecule has 0 bridgehead atoms. The molecule has 1 heterocycles. The first kappa shape index (κ1) is 13.9. The van der Waals surface area contributed by atoms with Gasteiger partial charge >= 0.3 is 0 Å². The molecule has 0 unspecified atom stereocenters. The number of nitrogens with zero attached hydrogens (tertiary/aromatic N) is 1. The summed E-state index contributed by atoms with van der Waals surface area (Å²) >= 11 is 0. The molecule has 1 N–H and O–H groups in total. The van der Waals surface area contributed by atoms with Crippen molar-refractivity contribution in [2.75, 3.05) is 39.2 Å². The molecule has 1 saturated heterocycles. The van der Waals surface area contributed by atoms with Crippen molar-refractivity contribution in [2.45, 2.75) is 12.8 Å². The van der Waals surface area contributed by atoms with Crippen molar-refractivity contribution < 1.29 is 9.53 Å². The molecule has 0 aliphatic carbocycles. The number of hydrogen-bond donors (Lipinski definition) is 1. The third-order valence-corrected chi connectivity index (χ3v) is 3.45. The van der Waals surface area contributed by atoms with Crippen LogP contribution in [0.1, 0.15) is 23.2 Å². The fourth-order valence-corrected chi connectivity index (χ4v) is 2.23. The molecule has 1 fully saturated rings. The van der Waals surface area contributed by atoms with Crippen molar-refractivity contribution in [1.29, 1.82) is 0 Å². The van der Waals surface area contributed by atoms with E-state index in [-0.39, 0.29) is 5.91 Å². The van der Waals surface area contributed by atoms with Crippen LogP contribution in [-0.4, -0.2) is 44.7 Å². The van der Waals surface area contributed by atoms with Crippen LogP contribution in [0.4, 0.5) is 5.69 Å². The van der Waals surface area contributed by atoms with Crippen molar-refractivity contribution in [2.24, 2.45) is 5.92 Å². The second-order valence-electron chi connectivity index (χ2n) is 5.22. The summed E-state index contributed by atoms with van der Waals surface area (Å²) in [5, 5.41) is 3.42. The zero-order valence-corrected chi connectivity index (χ0v) is 11.7. The standard InChI is InChI=1S/C15H22N2O2/c1-17(2)15(18)13-4-3-5-14(10-13)16-11-12-6-8-19-9-7-12/h3-5,10,12,16H,6-9,11H2,1-2H3. The van der Waals surface area contributed by atoms with Crippen molar-refractivity contribution in [3.05, 3.63) is 29.8 Å². The molecule has 4 nitrogen and oxygen atoms in total. The molecule has 0 spiro atoms. The molecule has 0 aromatic heterocycles. The Bertz CT molecular complexity index is 426. The van der Waals surface area contributed by atoms with Gasteiger partial charge in [-0.1, -0.05) is 6.07 Å². The van der Waals surface area contributed by atoms with Crippen LogP contribution in [0.15, 0.2) is 24.3 Å². The number of nitrogens with one attached hydrogen (secondary N) is 1. The molecule has 0 saturated carbocycles. The largest absolute Gasteiger partial charge is 0.385 e. The van der Waals surface area contributed by atoms with Crippen molar-refractivity contribution >= 4 is 11.6 Å². The van der Waals surface area contributed by atoms with Gasteiger partial charge in [0.1, 0.15) is 0 Å². The Morgan fingerprint density at radius 1 is 1.37 bits per heavy atom. The van der Waals surface area contributed by atoms with Crippen molar-refractivity contribution in [3.63, 3.8) is 0 Å². The molecule has 19 heavy (non-hydrogen) atoms. The lowest BCUT2D eigenvalue weighted by atomic mass is 10.0. The summed E-state index contributed by atoms with van der Waals surface area (Å²) in [7, 11) is 3.54. The van der Waals surface area contributed by atoms with E-state index in [1.54, 1.807) is 19.0 Å². The second kappa shape index (κ2) is 6.57. The van der Waals surface area contributed by atoms with Gasteiger partial charge in [-0.2, -0.15) is 0 Å². The second-order valence-corrected chi connectivity index (χ2v) is 5.22. The summed E-state index contributed by atoms with van der Waals surface area (Å²) in [6.07, 6.45) is 2.23. The van der Waals surface area contributed by atoms with Crippen molar-refractivity contribution in [1.82, 2.24) is 4.90 Å². The van der Waals surface area contributed by atoms with Gasteiger partial charge in [0, 0.05) is 45.1 Å². The molecule has 0 radical (unpaired) electrons. The van der Waals surface area contributed by atoms with Crippen LogP contribution in [-0.2, 0) is 4.74 Å². The number of amides is 1. The summed E-state index contributed by atoms with van der Waals surface area (Å²) in [6.45, 7) is 2.68. The van der Waals surface area contributed by atoms with Crippen LogP contribution in [0, 0.1) is 5.92 Å². The zero-order chi connectivity index (χ0) is 13.7. The molecule has 104 valence electrons. The van der Waals surface area contributed by atoms with Gasteiger partial charge in [-0.05, 0) is 37.0 Å². The predicted octanol–water partition coefficient (Wildman–Crippen LogP) is 2.23. The van der Waals surface area contributed by atoms with E-state index in [1.807, 2.05) is 24.3 Å². The SMILES string of the molecule is CN(C)C(=O)c1cccc(NCC2CCOCC2)c1. The van der Waals surface area contributed by atoms with E-state index >= 15 is 0 Å². The molecule has 4 heteroatoms. The molecular formula is C15H22N2O2. The lowest BCUT2D eigenvalue weighted by Crippen LogP contribution is -2.23. The van der Waals surface area contributed by atoms with Gasteiger partial charge in [0.2, 0.25) is 0 Å². The van der Waals surface area contributed by atoms with Gasteiger partial charge in [-0.3, -0.25) is 4.79 Å². The van der Waals surface area contributed by atoms with E-state index in [2.05, 4.69) is 5.32 Å². The van der Waals surface area contributed by atoms with Gasteiger partial charge in [-0.25, -0.2) is 0 Å². The third kappa shape index (κ3) is 3.96. The average Bonchev–Trinajstić information content (AvgIpc) is 2.45. The van der Waals surface area contributed by atoms with E-state index in [9.17, 15) is 4.79 Å². The Morgan fingerprint density at radius 2 is 2.11 bits per heavy atom. The van der Waals surface area contributed by atoms with Crippen LogP contribution < -0.4 is 5.32 Å². The van der Waals surface area contributed by atoms with Crippen LogP contribution in [0.5, 0.6) is 0 Å². The first-order valence-electron chi connectivity index (χ1n) is 6.80. The highest BCUT2D eigenvalue weighted by atomic mass is 16.5. The Morgan fingerprint density at radius 3 is 2.79 bits per heavy atom. The predicted molar refractivity (Wildman–Crippen MR) is 76.5 cm³/mol. The topological polar surface area (TPSA) is 41.6 Å². The monoisotopic (exact) mass is 262 g/mol. The molecule has 1 aromatic carbocycles. The Labute approximate surface area is 114 Å². The highest BCUT2D eigenvalue weighted by Gasteiger charge is 2.13. The quantitative estimate of drug-likeness (QED) is 0.904. The van der Waals surface area contributed by atoms with Gasteiger partial charge in [0.05, 0.1) is 0 Å². The summed E-state index contributed by atoms with van der Waals surface area (Å²) in [6, 6.07) is 7.69. The number of benzene rings is 1. The van der Waals surface area contributed by atoms with Gasteiger partial charge in [0.25, 0.3) is 5.91 Å². The Hall–Kier alpha value is -1.55. The molecule has 1 aliphatic rings. The zero-order valence-electron chi connectivity index (χ0n) is 11.7. The fraction of sp³-hybridized carbons (Fsp3) is 0.533. The summed E-state index contributed by atoms with van der Waals surface area (Å²) in [5.41, 5.74) is 1.74. The highest BCUT2D eigenvalue weighted by Crippen LogP contribution is 2.17. The van der Waals surface area contributed by atoms with Gasteiger partial charge in [-0.15, -0.1) is 0 Å². The molecule has 1 amide bonds. The fourth-order valence-electron chi connectivity index (χ4n) is 2.23. The first-order chi connectivity index (χ1) is 9.16. The summed E-state index contributed by atoms with van der Waals surface area (Å²) in [5.74, 6) is 0.705. The number of rotatable bonds is 4. The number of anilines is 1. The third-order valence-electron chi connectivity index (χ3n) is 3.45. The maximum absolute atomic E-state index is 11.9. The number of carbonyl (C=O) groups is 1. The van der Waals surface area contributed by atoms with E-state index in [0.29, 0.717) is 5.92 Å². The van der Waals surface area contributed by atoms with Crippen LogP contribution in [0.3, 0.4) is 0 Å². The Balaban J connectivity index is 1.93. The minimum atomic E-state index is 0.0368. The molecular weight excluding hydrogens is 240 g/mol.